The highest BCUT2D eigenvalue weighted by Crippen LogP contribution is 2.42. The Hall–Kier alpha value is -2.88. The maximum absolute atomic E-state index is 12.9. The van der Waals surface area contributed by atoms with Crippen LogP contribution in [0.3, 0.4) is 0 Å². The fraction of sp³-hybridized carbons (Fsp3) is 0.200. The van der Waals surface area contributed by atoms with Gasteiger partial charge in [0.1, 0.15) is 11.3 Å². The molecule has 0 spiro atoms. The molecule has 1 aliphatic heterocycles. The standard InChI is InChI=1S/C20H15NO3/c22-19-15-10-14-13-8-4-5-9-17(13)24-18(14)11-16(15)20(23)21(19)12-6-2-1-3-7-12/h1-9,15-16H,10-11H2. The first-order chi connectivity index (χ1) is 11.7. The minimum Gasteiger partial charge on any atom is -0.461 e. The van der Waals surface area contributed by atoms with Crippen molar-refractivity contribution in [1.29, 1.82) is 0 Å². The fourth-order valence-corrected chi connectivity index (χ4v) is 4.03. The first kappa shape index (κ1) is 13.5. The number of para-hydroxylation sites is 2. The predicted octanol–water partition coefficient (Wildman–Crippen LogP) is 3.34. The Labute approximate surface area is 138 Å². The molecular formula is C20H15NO3. The van der Waals surface area contributed by atoms with Gasteiger partial charge in [0, 0.05) is 17.4 Å². The van der Waals surface area contributed by atoms with Crippen LogP contribution in [0.1, 0.15) is 11.3 Å². The molecule has 2 heterocycles. The van der Waals surface area contributed by atoms with Gasteiger partial charge in [0.15, 0.2) is 0 Å². The molecule has 118 valence electrons. The fourth-order valence-electron chi connectivity index (χ4n) is 4.03. The van der Waals surface area contributed by atoms with Gasteiger partial charge in [-0.3, -0.25) is 14.5 Å². The molecule has 1 saturated heterocycles. The molecule has 1 aliphatic carbocycles. The van der Waals surface area contributed by atoms with Gasteiger partial charge in [-0.25, -0.2) is 0 Å². The van der Waals surface area contributed by atoms with E-state index in [9.17, 15) is 9.59 Å². The molecule has 24 heavy (non-hydrogen) atoms. The van der Waals surface area contributed by atoms with E-state index in [4.69, 9.17) is 4.42 Å². The van der Waals surface area contributed by atoms with Crippen LogP contribution in [0.2, 0.25) is 0 Å². The zero-order valence-electron chi connectivity index (χ0n) is 12.9. The number of nitrogens with zero attached hydrogens (tertiary/aromatic N) is 1. The number of anilines is 1. The molecule has 1 aromatic heterocycles. The Bertz CT molecular complexity index is 973. The van der Waals surface area contributed by atoms with Gasteiger partial charge in [-0.1, -0.05) is 36.4 Å². The Morgan fingerprint density at radius 2 is 1.50 bits per heavy atom. The summed E-state index contributed by atoms with van der Waals surface area (Å²) in [6, 6.07) is 17.0. The third kappa shape index (κ3) is 1.74. The van der Waals surface area contributed by atoms with E-state index in [-0.39, 0.29) is 23.7 Å². The average Bonchev–Trinajstić information content (AvgIpc) is 3.10. The molecule has 3 aromatic rings. The van der Waals surface area contributed by atoms with Crippen molar-refractivity contribution >= 4 is 28.5 Å². The molecule has 4 nitrogen and oxygen atoms in total. The third-order valence-electron chi connectivity index (χ3n) is 5.19. The van der Waals surface area contributed by atoms with E-state index >= 15 is 0 Å². The first-order valence-corrected chi connectivity index (χ1v) is 8.16. The third-order valence-corrected chi connectivity index (χ3v) is 5.19. The van der Waals surface area contributed by atoms with Crippen molar-refractivity contribution in [3.8, 4) is 0 Å². The maximum Gasteiger partial charge on any atom is 0.238 e. The van der Waals surface area contributed by atoms with Crippen LogP contribution in [0.25, 0.3) is 11.0 Å². The second-order valence-electron chi connectivity index (χ2n) is 6.47. The van der Waals surface area contributed by atoms with E-state index in [1.165, 1.54) is 4.90 Å². The van der Waals surface area contributed by atoms with E-state index in [1.54, 1.807) is 12.1 Å². The van der Waals surface area contributed by atoms with Gasteiger partial charge in [0.2, 0.25) is 11.8 Å². The molecular weight excluding hydrogens is 302 g/mol. The number of rotatable bonds is 1. The van der Waals surface area contributed by atoms with Crippen LogP contribution in [0.15, 0.2) is 59.0 Å². The molecule has 1 fully saturated rings. The highest BCUT2D eigenvalue weighted by Gasteiger charge is 2.51. The van der Waals surface area contributed by atoms with Crippen LogP contribution in [-0.4, -0.2) is 11.8 Å². The quantitative estimate of drug-likeness (QED) is 0.647. The number of fused-ring (bicyclic) bond motifs is 4. The zero-order chi connectivity index (χ0) is 16.3. The molecule has 5 rings (SSSR count). The summed E-state index contributed by atoms with van der Waals surface area (Å²) in [5.74, 6) is 0.0555. The minimum absolute atomic E-state index is 0.0906. The van der Waals surface area contributed by atoms with Gasteiger partial charge in [-0.05, 0) is 24.6 Å². The average molecular weight is 317 g/mol. The van der Waals surface area contributed by atoms with E-state index in [2.05, 4.69) is 0 Å². The second-order valence-corrected chi connectivity index (χ2v) is 6.47. The van der Waals surface area contributed by atoms with Gasteiger partial charge in [-0.2, -0.15) is 0 Å². The summed E-state index contributed by atoms with van der Waals surface area (Å²) in [7, 11) is 0. The van der Waals surface area contributed by atoms with Gasteiger partial charge < -0.3 is 4.42 Å². The molecule has 2 atom stereocenters. The number of amides is 2. The predicted molar refractivity (Wildman–Crippen MR) is 89.5 cm³/mol. The number of imide groups is 1. The highest BCUT2D eigenvalue weighted by atomic mass is 16.3. The molecule has 4 heteroatoms. The minimum atomic E-state index is -0.314. The normalized spacial score (nSPS) is 22.8. The van der Waals surface area contributed by atoms with Crippen LogP contribution < -0.4 is 4.90 Å². The monoisotopic (exact) mass is 317 g/mol. The maximum atomic E-state index is 12.9. The molecule has 2 unspecified atom stereocenters. The van der Waals surface area contributed by atoms with Gasteiger partial charge in [0.25, 0.3) is 0 Å². The number of benzene rings is 2. The van der Waals surface area contributed by atoms with Crippen molar-refractivity contribution in [2.45, 2.75) is 12.8 Å². The van der Waals surface area contributed by atoms with Crippen LogP contribution in [0, 0.1) is 11.8 Å². The lowest BCUT2D eigenvalue weighted by Gasteiger charge is -2.20. The van der Waals surface area contributed by atoms with Crippen molar-refractivity contribution in [2.75, 3.05) is 4.90 Å². The molecule has 0 N–H and O–H groups in total. The number of carbonyl (C=O) groups is 2. The molecule has 0 radical (unpaired) electrons. The Morgan fingerprint density at radius 3 is 2.29 bits per heavy atom. The Kier molecular flexibility index (Phi) is 2.71. The summed E-state index contributed by atoms with van der Waals surface area (Å²) in [6.45, 7) is 0. The van der Waals surface area contributed by atoms with Crippen molar-refractivity contribution in [3.05, 3.63) is 65.9 Å². The zero-order valence-corrected chi connectivity index (χ0v) is 12.9. The van der Waals surface area contributed by atoms with E-state index in [1.807, 2.05) is 42.5 Å². The summed E-state index contributed by atoms with van der Waals surface area (Å²) < 4.78 is 5.94. The lowest BCUT2D eigenvalue weighted by molar-refractivity contribution is -0.122. The largest absolute Gasteiger partial charge is 0.461 e. The van der Waals surface area contributed by atoms with Gasteiger partial charge in [-0.15, -0.1) is 0 Å². The van der Waals surface area contributed by atoms with Crippen LogP contribution in [0.5, 0.6) is 0 Å². The van der Waals surface area contributed by atoms with Crippen molar-refractivity contribution in [2.24, 2.45) is 11.8 Å². The lowest BCUT2D eigenvalue weighted by Crippen LogP contribution is -2.30. The molecule has 2 aromatic carbocycles. The number of hydrogen-bond acceptors (Lipinski definition) is 3. The topological polar surface area (TPSA) is 50.5 Å². The molecule has 0 bridgehead atoms. The summed E-state index contributed by atoms with van der Waals surface area (Å²) in [4.78, 5) is 27.1. The Morgan fingerprint density at radius 1 is 0.833 bits per heavy atom. The number of hydrogen-bond donors (Lipinski definition) is 0. The van der Waals surface area contributed by atoms with E-state index < -0.39 is 0 Å². The lowest BCUT2D eigenvalue weighted by atomic mass is 9.79. The second kappa shape index (κ2) is 4.81. The summed E-state index contributed by atoms with van der Waals surface area (Å²) >= 11 is 0. The van der Waals surface area contributed by atoms with Gasteiger partial charge in [0.05, 0.1) is 17.5 Å². The first-order valence-electron chi connectivity index (χ1n) is 8.16. The summed E-state index contributed by atoms with van der Waals surface area (Å²) in [5, 5.41) is 1.06. The highest BCUT2D eigenvalue weighted by molar-refractivity contribution is 6.22. The van der Waals surface area contributed by atoms with Crippen LogP contribution >= 0.6 is 0 Å². The Balaban J connectivity index is 1.58. The number of furan rings is 1. The molecule has 2 amide bonds. The SMILES string of the molecule is O=C1C2Cc3oc4ccccc4c3CC2C(=O)N1c1ccccc1. The van der Waals surface area contributed by atoms with E-state index in [0.717, 1.165) is 22.3 Å². The van der Waals surface area contributed by atoms with Crippen LogP contribution in [-0.2, 0) is 22.4 Å². The van der Waals surface area contributed by atoms with Crippen molar-refractivity contribution in [3.63, 3.8) is 0 Å². The summed E-state index contributed by atoms with van der Waals surface area (Å²) in [5.41, 5.74) is 2.58. The molecule has 2 aliphatic rings. The molecule has 0 saturated carbocycles. The van der Waals surface area contributed by atoms with E-state index in [0.29, 0.717) is 18.5 Å². The van der Waals surface area contributed by atoms with Crippen LogP contribution in [0.4, 0.5) is 5.69 Å². The summed E-state index contributed by atoms with van der Waals surface area (Å²) in [6.07, 6.45) is 1.08. The van der Waals surface area contributed by atoms with Crippen molar-refractivity contribution < 1.29 is 14.0 Å². The van der Waals surface area contributed by atoms with Crippen molar-refractivity contribution in [1.82, 2.24) is 0 Å². The smallest absolute Gasteiger partial charge is 0.238 e. The number of carbonyl (C=O) groups excluding carboxylic acids is 2. The van der Waals surface area contributed by atoms with Gasteiger partial charge >= 0.3 is 0 Å².